The van der Waals surface area contributed by atoms with Crippen LogP contribution in [-0.4, -0.2) is 28.1 Å². The van der Waals surface area contributed by atoms with Crippen molar-refractivity contribution >= 4 is 29.7 Å². The van der Waals surface area contributed by atoms with Crippen LogP contribution in [0.3, 0.4) is 0 Å². The molecule has 0 aliphatic rings. The fourth-order valence-corrected chi connectivity index (χ4v) is 1.93. The lowest BCUT2D eigenvalue weighted by molar-refractivity contribution is 0.155. The molecule has 0 saturated heterocycles. The molecule has 1 unspecified atom stereocenters. The number of hydrogen-bond acceptors (Lipinski definition) is 6. The van der Waals surface area contributed by atoms with Crippen LogP contribution in [0.4, 0.5) is 5.69 Å². The van der Waals surface area contributed by atoms with E-state index in [9.17, 15) is 5.11 Å². The van der Waals surface area contributed by atoms with Crippen LogP contribution in [-0.2, 0) is 0 Å². The van der Waals surface area contributed by atoms with Crippen molar-refractivity contribution in [3.8, 4) is 0 Å². The second kappa shape index (κ2) is 6.03. The van der Waals surface area contributed by atoms with Crippen LogP contribution in [0.1, 0.15) is 12.0 Å². The van der Waals surface area contributed by atoms with Gasteiger partial charge in [-0.1, -0.05) is 0 Å². The highest BCUT2D eigenvalue weighted by Gasteiger charge is 2.12. The highest BCUT2D eigenvalue weighted by molar-refractivity contribution is 7.98. The van der Waals surface area contributed by atoms with Crippen LogP contribution < -0.4 is 5.32 Å². The lowest BCUT2D eigenvalue weighted by Gasteiger charge is -2.09. The second-order valence-corrected chi connectivity index (χ2v) is 4.83. The van der Waals surface area contributed by atoms with Crippen molar-refractivity contribution in [2.24, 2.45) is 0 Å². The Balaban J connectivity index is 1.92. The molecule has 7 heteroatoms. The summed E-state index contributed by atoms with van der Waals surface area (Å²) in [5.41, 5.74) is 0.931. The van der Waals surface area contributed by atoms with Gasteiger partial charge >= 0.3 is 0 Å². The molecule has 5 nitrogen and oxygen atoms in total. The van der Waals surface area contributed by atoms with Gasteiger partial charge in [-0.3, -0.25) is 0 Å². The predicted molar refractivity (Wildman–Crippen MR) is 73.4 cm³/mol. The van der Waals surface area contributed by atoms with Crippen LogP contribution in [0.5, 0.6) is 0 Å². The number of aliphatic hydroxyl groups is 1. The highest BCUT2D eigenvalue weighted by atomic mass is 32.2. The molecule has 1 heterocycles. The number of aromatic amines is 1. The molecule has 0 saturated carbocycles. The van der Waals surface area contributed by atoms with Gasteiger partial charge in [0, 0.05) is 17.1 Å². The summed E-state index contributed by atoms with van der Waals surface area (Å²) in [6.45, 7) is 0.307. The van der Waals surface area contributed by atoms with Crippen molar-refractivity contribution in [3.63, 3.8) is 0 Å². The summed E-state index contributed by atoms with van der Waals surface area (Å²) >= 11 is 6.42. The average molecular weight is 283 g/mol. The lowest BCUT2D eigenvalue weighted by atomic mass is 10.3. The Morgan fingerprint density at radius 2 is 2.22 bits per heavy atom. The summed E-state index contributed by atoms with van der Waals surface area (Å²) in [6, 6.07) is 7.94. The monoisotopic (exact) mass is 283 g/mol. The standard InChI is InChI=1S/C11H13N3O2S2/c1-18-8-4-2-7(3-5-8)12-6-9(15)10-13-14-11(17)16-10/h2-5,9,12,15H,6H2,1H3,(H,14,17). The summed E-state index contributed by atoms with van der Waals surface area (Å²) < 4.78 is 5.03. The van der Waals surface area contributed by atoms with E-state index in [1.807, 2.05) is 30.5 Å². The van der Waals surface area contributed by atoms with E-state index in [1.54, 1.807) is 11.8 Å². The lowest BCUT2D eigenvalue weighted by Crippen LogP contribution is -2.12. The number of benzene rings is 1. The summed E-state index contributed by atoms with van der Waals surface area (Å²) in [5.74, 6) is 0.188. The smallest absolute Gasteiger partial charge is 0.284 e. The van der Waals surface area contributed by atoms with E-state index < -0.39 is 6.10 Å². The van der Waals surface area contributed by atoms with Gasteiger partial charge in [-0.15, -0.1) is 16.9 Å². The number of nitrogens with one attached hydrogen (secondary N) is 2. The van der Waals surface area contributed by atoms with Gasteiger partial charge < -0.3 is 14.8 Å². The molecule has 0 aliphatic heterocycles. The van der Waals surface area contributed by atoms with E-state index >= 15 is 0 Å². The van der Waals surface area contributed by atoms with Crippen LogP contribution in [0.2, 0.25) is 0 Å². The van der Waals surface area contributed by atoms with Crippen molar-refractivity contribution in [1.29, 1.82) is 0 Å². The molecule has 0 amide bonds. The molecule has 1 atom stereocenters. The van der Waals surface area contributed by atoms with Gasteiger partial charge in [0.15, 0.2) is 0 Å². The number of anilines is 1. The zero-order chi connectivity index (χ0) is 13.0. The Kier molecular flexibility index (Phi) is 4.40. The SMILES string of the molecule is CSc1ccc(NCC(O)c2n[nH]c(=S)o2)cc1. The van der Waals surface area contributed by atoms with Crippen LogP contribution in [0.15, 0.2) is 33.6 Å². The third kappa shape index (κ3) is 3.34. The number of rotatable bonds is 5. The second-order valence-electron chi connectivity index (χ2n) is 3.58. The summed E-state index contributed by atoms with van der Waals surface area (Å²) in [6.07, 6.45) is 1.19. The molecule has 0 radical (unpaired) electrons. The van der Waals surface area contributed by atoms with E-state index in [2.05, 4.69) is 15.5 Å². The summed E-state index contributed by atoms with van der Waals surface area (Å²) in [7, 11) is 0. The molecule has 3 N–H and O–H groups in total. The molecule has 2 aromatic rings. The first-order valence-corrected chi connectivity index (χ1v) is 6.93. The maximum atomic E-state index is 9.81. The zero-order valence-electron chi connectivity index (χ0n) is 9.71. The quantitative estimate of drug-likeness (QED) is 0.578. The molecule has 0 spiro atoms. The van der Waals surface area contributed by atoms with E-state index in [4.69, 9.17) is 16.6 Å². The Morgan fingerprint density at radius 3 is 2.78 bits per heavy atom. The molecule has 18 heavy (non-hydrogen) atoms. The van der Waals surface area contributed by atoms with Gasteiger partial charge in [0.05, 0.1) is 0 Å². The fourth-order valence-electron chi connectivity index (χ4n) is 1.39. The van der Waals surface area contributed by atoms with Crippen molar-refractivity contribution in [2.45, 2.75) is 11.0 Å². The van der Waals surface area contributed by atoms with Gasteiger partial charge in [0.1, 0.15) is 6.10 Å². The Morgan fingerprint density at radius 1 is 1.50 bits per heavy atom. The van der Waals surface area contributed by atoms with E-state index in [0.717, 1.165) is 5.69 Å². The molecule has 2 rings (SSSR count). The highest BCUT2D eigenvalue weighted by Crippen LogP contribution is 2.18. The maximum absolute atomic E-state index is 9.81. The van der Waals surface area contributed by atoms with Crippen molar-refractivity contribution in [2.75, 3.05) is 18.1 Å². The first-order valence-electron chi connectivity index (χ1n) is 5.30. The van der Waals surface area contributed by atoms with Gasteiger partial charge in [-0.05, 0) is 42.7 Å². The van der Waals surface area contributed by atoms with E-state index in [0.29, 0.717) is 6.54 Å². The molecular formula is C11H13N3O2S2. The topological polar surface area (TPSA) is 74.1 Å². The average Bonchev–Trinajstić information content (AvgIpc) is 2.83. The zero-order valence-corrected chi connectivity index (χ0v) is 11.3. The molecule has 0 aliphatic carbocycles. The summed E-state index contributed by atoms with van der Waals surface area (Å²) in [4.78, 5) is 1.35. The molecule has 0 bridgehead atoms. The van der Waals surface area contributed by atoms with Gasteiger partial charge in [-0.2, -0.15) is 0 Å². The first-order chi connectivity index (χ1) is 8.69. The number of aliphatic hydroxyl groups excluding tert-OH is 1. The minimum Gasteiger partial charge on any atom is -0.411 e. The van der Waals surface area contributed by atoms with Crippen molar-refractivity contribution < 1.29 is 9.52 Å². The number of aromatic nitrogens is 2. The van der Waals surface area contributed by atoms with Crippen LogP contribution >= 0.6 is 24.0 Å². The van der Waals surface area contributed by atoms with Gasteiger partial charge in [0.2, 0.25) is 5.89 Å². The number of thioether (sulfide) groups is 1. The summed E-state index contributed by atoms with van der Waals surface area (Å²) in [5, 5.41) is 19.1. The fraction of sp³-hybridized carbons (Fsp3) is 0.273. The number of nitrogens with zero attached hydrogens (tertiary/aromatic N) is 1. The maximum Gasteiger partial charge on any atom is 0.284 e. The van der Waals surface area contributed by atoms with Gasteiger partial charge in [0.25, 0.3) is 4.84 Å². The molecular weight excluding hydrogens is 270 g/mol. The van der Waals surface area contributed by atoms with Crippen LogP contribution in [0.25, 0.3) is 0 Å². The Hall–Kier alpha value is -1.31. The van der Waals surface area contributed by atoms with Crippen molar-refractivity contribution in [1.82, 2.24) is 10.2 Å². The Bertz CT molecular complexity index is 550. The van der Waals surface area contributed by atoms with E-state index in [-0.39, 0.29) is 10.7 Å². The third-order valence-corrected chi connectivity index (χ3v) is 3.25. The molecule has 1 aromatic carbocycles. The molecule has 1 aromatic heterocycles. The minimum absolute atomic E-state index is 0.161. The first kappa shape index (κ1) is 13.1. The normalized spacial score (nSPS) is 12.3. The van der Waals surface area contributed by atoms with Crippen molar-refractivity contribution in [3.05, 3.63) is 35.0 Å². The third-order valence-electron chi connectivity index (χ3n) is 2.33. The number of hydrogen-bond donors (Lipinski definition) is 3. The van der Waals surface area contributed by atoms with Gasteiger partial charge in [-0.25, -0.2) is 5.10 Å². The largest absolute Gasteiger partial charge is 0.411 e. The van der Waals surface area contributed by atoms with E-state index in [1.165, 1.54) is 4.90 Å². The Labute approximate surface area is 114 Å². The molecule has 96 valence electrons. The molecule has 0 fully saturated rings. The number of H-pyrrole nitrogens is 1. The predicted octanol–water partition coefficient (Wildman–Crippen LogP) is 2.60. The van der Waals surface area contributed by atoms with Crippen LogP contribution in [0, 0.1) is 4.84 Å². The minimum atomic E-state index is -0.835.